The van der Waals surface area contributed by atoms with Gasteiger partial charge < -0.3 is 13.9 Å². The summed E-state index contributed by atoms with van der Waals surface area (Å²) in [5, 5.41) is 13.2. The van der Waals surface area contributed by atoms with E-state index < -0.39 is 6.10 Å². The minimum atomic E-state index is -0.753. The Kier molecular flexibility index (Phi) is 3.48. The summed E-state index contributed by atoms with van der Waals surface area (Å²) < 4.78 is 11.1. The lowest BCUT2D eigenvalue weighted by molar-refractivity contribution is 0.140. The van der Waals surface area contributed by atoms with Gasteiger partial charge in [-0.15, -0.1) is 0 Å². The highest BCUT2D eigenvalue weighted by Gasteiger charge is 2.29. The molecule has 2 aromatic carbocycles. The first-order valence-corrected chi connectivity index (χ1v) is 7.56. The van der Waals surface area contributed by atoms with Crippen LogP contribution in [-0.2, 0) is 0 Å². The van der Waals surface area contributed by atoms with Crippen molar-refractivity contribution in [1.82, 2.24) is 0 Å². The zero-order valence-electron chi connectivity index (χ0n) is 12.4. The molecule has 4 aromatic rings. The Morgan fingerprint density at radius 3 is 1.96 bits per heavy atom. The van der Waals surface area contributed by atoms with Crippen LogP contribution in [0.4, 0.5) is 0 Å². The number of fused-ring (bicyclic) bond motifs is 1. The van der Waals surface area contributed by atoms with E-state index in [9.17, 15) is 5.11 Å². The number of furan rings is 2. The van der Waals surface area contributed by atoms with Gasteiger partial charge >= 0.3 is 0 Å². The number of rotatable bonds is 4. The van der Waals surface area contributed by atoms with Crippen molar-refractivity contribution in [2.24, 2.45) is 0 Å². The fraction of sp³-hybridized carbons (Fsp3) is 0.100. The molecule has 0 amide bonds. The Morgan fingerprint density at radius 2 is 1.35 bits per heavy atom. The van der Waals surface area contributed by atoms with Gasteiger partial charge in [0.1, 0.15) is 17.4 Å². The van der Waals surface area contributed by atoms with Gasteiger partial charge in [0, 0.05) is 0 Å². The Labute approximate surface area is 133 Å². The van der Waals surface area contributed by atoms with Gasteiger partial charge in [-0.1, -0.05) is 36.4 Å². The van der Waals surface area contributed by atoms with Gasteiger partial charge in [-0.3, -0.25) is 0 Å². The largest absolute Gasteiger partial charge is 0.468 e. The van der Waals surface area contributed by atoms with E-state index in [2.05, 4.69) is 6.07 Å². The first-order chi connectivity index (χ1) is 11.3. The minimum absolute atomic E-state index is 0.374. The van der Waals surface area contributed by atoms with Crippen molar-refractivity contribution in [2.45, 2.75) is 12.0 Å². The molecule has 0 fully saturated rings. The maximum absolute atomic E-state index is 11.0. The summed E-state index contributed by atoms with van der Waals surface area (Å²) in [6.45, 7) is 0. The van der Waals surface area contributed by atoms with Crippen LogP contribution in [0.3, 0.4) is 0 Å². The third kappa shape index (κ3) is 2.56. The highest BCUT2D eigenvalue weighted by atomic mass is 16.4. The van der Waals surface area contributed by atoms with Gasteiger partial charge in [-0.2, -0.15) is 0 Å². The van der Waals surface area contributed by atoms with E-state index in [0.29, 0.717) is 11.5 Å². The molecule has 1 N–H and O–H groups in total. The van der Waals surface area contributed by atoms with E-state index in [-0.39, 0.29) is 5.92 Å². The Morgan fingerprint density at radius 1 is 0.696 bits per heavy atom. The Hall–Kier alpha value is -2.78. The summed E-state index contributed by atoms with van der Waals surface area (Å²) >= 11 is 0. The number of benzene rings is 2. The predicted molar refractivity (Wildman–Crippen MR) is 88.2 cm³/mol. The molecule has 0 aliphatic rings. The smallest absolute Gasteiger partial charge is 0.117 e. The second kappa shape index (κ2) is 5.78. The molecule has 3 heteroatoms. The fourth-order valence-electron chi connectivity index (χ4n) is 2.97. The van der Waals surface area contributed by atoms with Crippen LogP contribution in [0.2, 0.25) is 0 Å². The van der Waals surface area contributed by atoms with Gasteiger partial charge in [0.05, 0.1) is 18.6 Å². The topological polar surface area (TPSA) is 46.5 Å². The zero-order chi connectivity index (χ0) is 15.6. The van der Waals surface area contributed by atoms with E-state index in [0.717, 1.165) is 16.3 Å². The zero-order valence-corrected chi connectivity index (χ0v) is 12.4. The van der Waals surface area contributed by atoms with Crippen LogP contribution in [0.15, 0.2) is 88.1 Å². The highest BCUT2D eigenvalue weighted by Crippen LogP contribution is 2.38. The summed E-state index contributed by atoms with van der Waals surface area (Å²) in [6, 6.07) is 21.4. The van der Waals surface area contributed by atoms with Crippen LogP contribution < -0.4 is 0 Å². The number of aliphatic hydroxyl groups excluding tert-OH is 1. The fourth-order valence-corrected chi connectivity index (χ4v) is 2.97. The summed E-state index contributed by atoms with van der Waals surface area (Å²) in [5.74, 6) is 0.988. The van der Waals surface area contributed by atoms with Gasteiger partial charge in [-0.25, -0.2) is 0 Å². The lowest BCUT2D eigenvalue weighted by atomic mass is 9.90. The van der Waals surface area contributed by atoms with Gasteiger partial charge in [0.25, 0.3) is 0 Å². The Bertz CT molecular complexity index is 857. The van der Waals surface area contributed by atoms with E-state index in [1.54, 1.807) is 12.5 Å². The van der Waals surface area contributed by atoms with Crippen molar-refractivity contribution >= 4 is 10.8 Å². The van der Waals surface area contributed by atoms with E-state index >= 15 is 0 Å². The maximum Gasteiger partial charge on any atom is 0.117 e. The van der Waals surface area contributed by atoms with Gasteiger partial charge in [0.15, 0.2) is 0 Å². The molecule has 0 saturated carbocycles. The van der Waals surface area contributed by atoms with Crippen LogP contribution in [0, 0.1) is 0 Å². The molecule has 0 bridgehead atoms. The molecule has 0 saturated heterocycles. The van der Waals surface area contributed by atoms with E-state index in [1.807, 2.05) is 60.7 Å². The molecule has 114 valence electrons. The molecule has 2 heterocycles. The summed E-state index contributed by atoms with van der Waals surface area (Å²) in [7, 11) is 0. The SMILES string of the molecule is OC(c1ccc2ccccc2c1)C(c1ccco1)c1ccco1. The molecule has 3 nitrogen and oxygen atoms in total. The van der Waals surface area contributed by atoms with Crippen molar-refractivity contribution in [2.75, 3.05) is 0 Å². The summed E-state index contributed by atoms with van der Waals surface area (Å²) in [5.41, 5.74) is 0.835. The highest BCUT2D eigenvalue weighted by molar-refractivity contribution is 5.83. The van der Waals surface area contributed by atoms with Gasteiger partial charge in [0.2, 0.25) is 0 Å². The lowest BCUT2D eigenvalue weighted by Crippen LogP contribution is -2.11. The minimum Gasteiger partial charge on any atom is -0.468 e. The molecule has 1 atom stereocenters. The van der Waals surface area contributed by atoms with Crippen LogP contribution in [-0.4, -0.2) is 5.11 Å². The quantitative estimate of drug-likeness (QED) is 0.584. The molecule has 0 aliphatic heterocycles. The number of hydrogen-bond donors (Lipinski definition) is 1. The maximum atomic E-state index is 11.0. The average molecular weight is 304 g/mol. The molecule has 4 rings (SSSR count). The van der Waals surface area contributed by atoms with Crippen molar-refractivity contribution < 1.29 is 13.9 Å². The molecule has 0 aliphatic carbocycles. The van der Waals surface area contributed by atoms with E-state index in [4.69, 9.17) is 8.83 Å². The standard InChI is InChI=1S/C20H16O3/c21-20(16-10-9-14-5-1-2-6-15(14)13-16)19(17-7-3-11-22-17)18-8-4-12-23-18/h1-13,19-21H. The molecule has 0 radical (unpaired) electrons. The predicted octanol–water partition coefficient (Wildman–Crippen LogP) is 4.89. The van der Waals surface area contributed by atoms with E-state index in [1.165, 1.54) is 0 Å². The molecule has 23 heavy (non-hydrogen) atoms. The van der Waals surface area contributed by atoms with Crippen molar-refractivity contribution in [3.05, 3.63) is 96.3 Å². The van der Waals surface area contributed by atoms with Crippen molar-refractivity contribution in [3.63, 3.8) is 0 Å². The summed E-state index contributed by atoms with van der Waals surface area (Å²) in [6.07, 6.45) is 2.47. The lowest BCUT2D eigenvalue weighted by Gasteiger charge is -2.20. The molecular weight excluding hydrogens is 288 g/mol. The van der Waals surface area contributed by atoms with Crippen molar-refractivity contribution in [3.8, 4) is 0 Å². The average Bonchev–Trinajstić information content (AvgIpc) is 3.29. The number of hydrogen-bond acceptors (Lipinski definition) is 3. The first kappa shape index (κ1) is 13.9. The monoisotopic (exact) mass is 304 g/mol. The molecule has 2 aromatic heterocycles. The third-order valence-electron chi connectivity index (χ3n) is 4.13. The molecule has 1 unspecified atom stereocenters. The first-order valence-electron chi connectivity index (χ1n) is 7.56. The second-order valence-corrected chi connectivity index (χ2v) is 5.56. The molecule has 0 spiro atoms. The molecular formula is C20H16O3. The second-order valence-electron chi connectivity index (χ2n) is 5.56. The van der Waals surface area contributed by atoms with Gasteiger partial charge in [-0.05, 0) is 46.7 Å². The number of aliphatic hydroxyl groups is 1. The summed E-state index contributed by atoms with van der Waals surface area (Å²) in [4.78, 5) is 0. The van der Waals surface area contributed by atoms with Crippen LogP contribution >= 0.6 is 0 Å². The Balaban J connectivity index is 1.78. The third-order valence-corrected chi connectivity index (χ3v) is 4.13. The van der Waals surface area contributed by atoms with Crippen LogP contribution in [0.5, 0.6) is 0 Å². The normalized spacial score (nSPS) is 12.8. The van der Waals surface area contributed by atoms with Crippen LogP contribution in [0.25, 0.3) is 10.8 Å². The van der Waals surface area contributed by atoms with Crippen molar-refractivity contribution in [1.29, 1.82) is 0 Å². The van der Waals surface area contributed by atoms with Crippen LogP contribution in [0.1, 0.15) is 29.1 Å².